The van der Waals surface area contributed by atoms with Gasteiger partial charge >= 0.3 is 11.9 Å². The van der Waals surface area contributed by atoms with Crippen LogP contribution in [0.3, 0.4) is 0 Å². The second-order valence-corrected chi connectivity index (χ2v) is 9.49. The van der Waals surface area contributed by atoms with Gasteiger partial charge in [0.1, 0.15) is 24.4 Å². The number of carbonyl (C=O) groups excluding carboxylic acids is 2. The molecule has 0 saturated heterocycles. The smallest absolute Gasteiger partial charge is 0.341 e. The second kappa shape index (κ2) is 12.6. The minimum Gasteiger partial charge on any atom is -0.456 e. The van der Waals surface area contributed by atoms with Gasteiger partial charge in [-0.1, -0.05) is 24.8 Å². The van der Waals surface area contributed by atoms with Crippen molar-refractivity contribution in [2.24, 2.45) is 0 Å². The molecule has 0 radical (unpaired) electrons. The number of benzene rings is 3. The molecule has 0 amide bonds. The summed E-state index contributed by atoms with van der Waals surface area (Å²) in [5.41, 5.74) is 4.85. The number of ether oxygens (including phenoxy) is 2. The predicted molar refractivity (Wildman–Crippen MR) is 159 cm³/mol. The van der Waals surface area contributed by atoms with E-state index in [1.165, 1.54) is 6.92 Å². The topological polar surface area (TPSA) is 72.0 Å². The lowest BCUT2D eigenvalue weighted by Gasteiger charge is -2.22. The minimum atomic E-state index is -0.615. The molecule has 0 aromatic heterocycles. The molecule has 1 aliphatic heterocycles. The Morgan fingerprint density at radius 1 is 0.900 bits per heavy atom. The van der Waals surface area contributed by atoms with E-state index in [4.69, 9.17) is 13.9 Å². The lowest BCUT2D eigenvalue weighted by molar-refractivity contribution is -0.147. The molecular weight excluding hydrogens is 504 g/mol. The zero-order valence-corrected chi connectivity index (χ0v) is 24.0. The monoisotopic (exact) mass is 541 g/mol. The molecule has 0 unspecified atom stereocenters. The first-order valence-electron chi connectivity index (χ1n) is 13.7. The van der Waals surface area contributed by atoms with Crippen LogP contribution in [0.4, 0.5) is 5.69 Å². The van der Waals surface area contributed by atoms with E-state index in [9.17, 15) is 9.59 Å². The Balaban J connectivity index is 1.94. The summed E-state index contributed by atoms with van der Waals surface area (Å²) in [7, 11) is 0. The summed E-state index contributed by atoms with van der Waals surface area (Å²) in [5, 5.41) is 1.95. The van der Waals surface area contributed by atoms with E-state index in [0.717, 1.165) is 65.1 Å². The highest BCUT2D eigenvalue weighted by molar-refractivity contribution is 6.08. The van der Waals surface area contributed by atoms with Crippen LogP contribution < -0.4 is 14.8 Å². The van der Waals surface area contributed by atoms with Crippen LogP contribution in [0.25, 0.3) is 33.4 Å². The van der Waals surface area contributed by atoms with E-state index in [0.29, 0.717) is 11.1 Å². The van der Waals surface area contributed by atoms with Crippen LogP contribution in [-0.4, -0.2) is 44.9 Å². The zero-order chi connectivity index (χ0) is 28.8. The quantitative estimate of drug-likeness (QED) is 0.0795. The Morgan fingerprint density at radius 3 is 2.30 bits per heavy atom. The maximum absolute atomic E-state index is 13.2. The zero-order valence-electron chi connectivity index (χ0n) is 24.0. The van der Waals surface area contributed by atoms with E-state index in [-0.39, 0.29) is 5.57 Å². The first-order valence-corrected chi connectivity index (χ1v) is 13.7. The van der Waals surface area contributed by atoms with Gasteiger partial charge in [-0.05, 0) is 64.4 Å². The highest BCUT2D eigenvalue weighted by Gasteiger charge is 2.23. The molecule has 0 spiro atoms. The van der Waals surface area contributed by atoms with Crippen LogP contribution in [0.2, 0.25) is 0 Å². The van der Waals surface area contributed by atoms with Gasteiger partial charge in [-0.2, -0.15) is 0 Å². The number of rotatable bonds is 10. The molecule has 0 atom stereocenters. The standard InChI is InChI=1S/C33H37N2O5/c1-7-34(8-2)23-15-17-27-29(19-23)40-30-20-24(35(9-3)10-4)16-18-28(30)31(27)25-13-11-12-14-26(25)33(37)39-21-38-32(36)22(5)6/h11-20H,5,7-10,21H2,1-4,6H3/q+1. The van der Waals surface area contributed by atoms with Gasteiger partial charge in [0.05, 0.1) is 11.6 Å². The molecule has 7 heteroatoms. The van der Waals surface area contributed by atoms with Crippen molar-refractivity contribution in [2.45, 2.75) is 34.6 Å². The Bertz CT molecular complexity index is 1590. The van der Waals surface area contributed by atoms with Crippen LogP contribution >= 0.6 is 0 Å². The maximum Gasteiger partial charge on any atom is 0.341 e. The third-order valence-corrected chi connectivity index (χ3v) is 7.09. The van der Waals surface area contributed by atoms with Crippen molar-refractivity contribution in [3.05, 3.63) is 83.7 Å². The van der Waals surface area contributed by atoms with Gasteiger partial charge < -0.3 is 18.8 Å². The Morgan fingerprint density at radius 2 is 1.62 bits per heavy atom. The van der Waals surface area contributed by atoms with E-state index in [1.807, 2.05) is 12.1 Å². The van der Waals surface area contributed by atoms with Crippen LogP contribution in [0.1, 0.15) is 45.0 Å². The average Bonchev–Trinajstić information content (AvgIpc) is 2.96. The van der Waals surface area contributed by atoms with Crippen LogP contribution in [0.5, 0.6) is 0 Å². The molecule has 2 aromatic rings. The van der Waals surface area contributed by atoms with E-state index < -0.39 is 18.7 Å². The first-order chi connectivity index (χ1) is 19.3. The third-order valence-electron chi connectivity index (χ3n) is 7.09. The summed E-state index contributed by atoms with van der Waals surface area (Å²) in [5.74, 6) is -0.482. The number of anilines is 1. The molecular formula is C33H37N2O5+. The van der Waals surface area contributed by atoms with Gasteiger partial charge in [0.25, 0.3) is 0 Å². The second-order valence-electron chi connectivity index (χ2n) is 9.49. The van der Waals surface area contributed by atoms with Crippen molar-refractivity contribution < 1.29 is 23.5 Å². The van der Waals surface area contributed by atoms with Gasteiger partial charge in [-0.15, -0.1) is 0 Å². The highest BCUT2D eigenvalue weighted by atomic mass is 16.7. The van der Waals surface area contributed by atoms with Crippen molar-refractivity contribution in [1.29, 1.82) is 0 Å². The molecule has 7 nitrogen and oxygen atoms in total. The molecule has 208 valence electrons. The van der Waals surface area contributed by atoms with Gasteiger partial charge in [0.2, 0.25) is 12.2 Å². The van der Waals surface area contributed by atoms with E-state index >= 15 is 0 Å². The Kier molecular flexibility index (Phi) is 9.04. The Labute approximate surface area is 235 Å². The SMILES string of the molecule is C=C(C)C(=O)OCOC(=O)c1ccccc1-c1c2ccc(=[N+](CC)CC)cc-2oc2cc(N(CC)CC)ccc12. The fourth-order valence-electron chi connectivity index (χ4n) is 4.95. The molecule has 4 rings (SSSR count). The maximum atomic E-state index is 13.2. The molecule has 0 fully saturated rings. The van der Waals surface area contributed by atoms with E-state index in [2.05, 4.69) is 80.1 Å². The van der Waals surface area contributed by atoms with Gasteiger partial charge in [-0.3, -0.25) is 0 Å². The van der Waals surface area contributed by atoms with Gasteiger partial charge in [-0.25, -0.2) is 14.2 Å². The van der Waals surface area contributed by atoms with Crippen molar-refractivity contribution in [2.75, 3.05) is 37.9 Å². The van der Waals surface area contributed by atoms with Crippen molar-refractivity contribution in [3.63, 3.8) is 0 Å². The highest BCUT2D eigenvalue weighted by Crippen LogP contribution is 2.42. The van der Waals surface area contributed by atoms with Gasteiger partial charge in [0.15, 0.2) is 0 Å². The fourth-order valence-corrected chi connectivity index (χ4v) is 4.95. The summed E-state index contributed by atoms with van der Waals surface area (Å²) in [4.78, 5) is 27.2. The molecule has 2 aromatic carbocycles. The molecule has 2 aliphatic rings. The predicted octanol–water partition coefficient (Wildman–Crippen LogP) is 6.10. The van der Waals surface area contributed by atoms with Crippen molar-refractivity contribution in [3.8, 4) is 22.5 Å². The summed E-state index contributed by atoms with van der Waals surface area (Å²) in [6.45, 7) is 16.6. The normalized spacial score (nSPS) is 10.9. The third kappa shape index (κ3) is 5.78. The van der Waals surface area contributed by atoms with Crippen LogP contribution in [0, 0.1) is 0 Å². The number of fused-ring (bicyclic) bond motifs is 2. The van der Waals surface area contributed by atoms with Crippen LogP contribution in [0.15, 0.2) is 77.2 Å². The largest absolute Gasteiger partial charge is 0.456 e. The summed E-state index contributed by atoms with van der Waals surface area (Å²) in [6, 6.07) is 19.7. The lowest BCUT2D eigenvalue weighted by atomic mass is 9.90. The first kappa shape index (κ1) is 28.6. The molecule has 0 saturated carbocycles. The van der Waals surface area contributed by atoms with Gasteiger partial charge in [0, 0.05) is 53.0 Å². The average molecular weight is 542 g/mol. The molecule has 0 N–H and O–H groups in total. The number of carbonyl (C=O) groups is 2. The lowest BCUT2D eigenvalue weighted by Crippen LogP contribution is -2.29. The number of hydrogen-bond acceptors (Lipinski definition) is 6. The number of esters is 2. The molecule has 1 heterocycles. The van der Waals surface area contributed by atoms with Crippen molar-refractivity contribution >= 4 is 28.6 Å². The van der Waals surface area contributed by atoms with Crippen LogP contribution in [-0.2, 0) is 14.3 Å². The summed E-state index contributed by atoms with van der Waals surface area (Å²) >= 11 is 0. The number of hydrogen-bond donors (Lipinski definition) is 0. The molecule has 40 heavy (non-hydrogen) atoms. The fraction of sp³-hybridized carbons (Fsp3) is 0.303. The Hall–Kier alpha value is -4.39. The van der Waals surface area contributed by atoms with E-state index in [1.54, 1.807) is 12.1 Å². The summed E-state index contributed by atoms with van der Waals surface area (Å²) in [6.07, 6.45) is 0. The number of nitrogens with zero attached hydrogens (tertiary/aromatic N) is 2. The molecule has 0 bridgehead atoms. The minimum absolute atomic E-state index is 0.232. The molecule has 1 aliphatic carbocycles. The van der Waals surface area contributed by atoms with Crippen molar-refractivity contribution in [1.82, 2.24) is 4.58 Å². The summed E-state index contributed by atoms with van der Waals surface area (Å²) < 4.78 is 19.1.